The zero-order valence-corrected chi connectivity index (χ0v) is 7.29. The maximum atomic E-state index is 11.5. The van der Waals surface area contributed by atoms with Gasteiger partial charge in [-0.1, -0.05) is 26.0 Å². The number of hydrogen-bond donors (Lipinski definition) is 1. The molecule has 0 aromatic heterocycles. The Labute approximate surface area is 72.4 Å². The quantitative estimate of drug-likeness (QED) is 0.533. The molecule has 0 aliphatic rings. The van der Waals surface area contributed by atoms with Gasteiger partial charge in [0.05, 0.1) is 5.69 Å². The Morgan fingerprint density at radius 2 is 2.25 bits per heavy atom. The first-order valence-electron chi connectivity index (χ1n) is 3.93. The van der Waals surface area contributed by atoms with E-state index in [0.29, 0.717) is 11.3 Å². The fourth-order valence-corrected chi connectivity index (χ4v) is 0.976. The molecule has 0 aliphatic heterocycles. The lowest BCUT2D eigenvalue weighted by molar-refractivity contribution is 0.0940. The molecule has 0 fully saturated rings. The molecule has 0 atom stereocenters. The molecule has 0 spiro atoms. The molecule has 12 heavy (non-hydrogen) atoms. The van der Waals surface area contributed by atoms with Gasteiger partial charge in [-0.25, -0.2) is 0 Å². The Kier molecular flexibility index (Phi) is 2.48. The van der Waals surface area contributed by atoms with Gasteiger partial charge in [0.15, 0.2) is 5.78 Å². The summed E-state index contributed by atoms with van der Waals surface area (Å²) in [5.74, 6) is 0.0625. The third-order valence-electron chi connectivity index (χ3n) is 1.68. The Balaban J connectivity index is 3.03. The molecule has 63 valence electrons. The molecule has 1 radical (unpaired) electrons. The highest BCUT2D eigenvalue weighted by molar-refractivity contribution is 6.01. The maximum absolute atomic E-state index is 11.5. The topological polar surface area (TPSA) is 43.1 Å². The maximum Gasteiger partial charge on any atom is 0.167 e. The molecular weight excluding hydrogens is 150 g/mol. The number of hydrogen-bond acceptors (Lipinski definition) is 2. The second kappa shape index (κ2) is 3.39. The summed E-state index contributed by atoms with van der Waals surface area (Å²) in [6.07, 6.45) is 0. The Morgan fingerprint density at radius 3 is 2.75 bits per heavy atom. The Bertz CT molecular complexity index is 292. The normalized spacial score (nSPS) is 10.2. The monoisotopic (exact) mass is 162 g/mol. The number of nitrogens with two attached hydrogens (primary N) is 1. The number of nitrogen functional groups attached to an aromatic ring is 1. The fraction of sp³-hybridized carbons (Fsp3) is 0.300. The number of para-hydroxylation sites is 1. The van der Waals surface area contributed by atoms with Gasteiger partial charge in [0, 0.05) is 17.5 Å². The van der Waals surface area contributed by atoms with E-state index in [4.69, 9.17) is 5.73 Å². The molecule has 0 saturated heterocycles. The van der Waals surface area contributed by atoms with Crippen molar-refractivity contribution in [2.45, 2.75) is 13.8 Å². The lowest BCUT2D eigenvalue weighted by atomic mass is 10.00. The summed E-state index contributed by atoms with van der Waals surface area (Å²) in [6.45, 7) is 3.71. The number of rotatable bonds is 2. The largest absolute Gasteiger partial charge is 0.398 e. The van der Waals surface area contributed by atoms with Crippen molar-refractivity contribution >= 4 is 11.5 Å². The molecule has 1 aromatic rings. The van der Waals surface area contributed by atoms with Crippen LogP contribution in [0.25, 0.3) is 0 Å². The van der Waals surface area contributed by atoms with Crippen molar-refractivity contribution in [3.05, 3.63) is 29.8 Å². The van der Waals surface area contributed by atoms with Gasteiger partial charge >= 0.3 is 0 Å². The first-order valence-corrected chi connectivity index (χ1v) is 3.93. The third-order valence-corrected chi connectivity index (χ3v) is 1.68. The standard InChI is InChI=1S/C10H12NO/c1-7(2)10(12)8-5-3-4-6-9(8)11/h3-5,7H,11H2,1-2H3. The van der Waals surface area contributed by atoms with Crippen molar-refractivity contribution in [3.63, 3.8) is 0 Å². The van der Waals surface area contributed by atoms with Crippen LogP contribution in [0.1, 0.15) is 24.2 Å². The Hall–Kier alpha value is -1.31. The first-order chi connectivity index (χ1) is 5.63. The van der Waals surface area contributed by atoms with Crippen LogP contribution in [-0.2, 0) is 0 Å². The number of ketones is 1. The zero-order chi connectivity index (χ0) is 9.14. The van der Waals surface area contributed by atoms with Gasteiger partial charge in [-0.2, -0.15) is 0 Å². The van der Waals surface area contributed by atoms with E-state index in [1.54, 1.807) is 18.2 Å². The van der Waals surface area contributed by atoms with Crippen LogP contribution in [0.4, 0.5) is 5.69 Å². The minimum Gasteiger partial charge on any atom is -0.398 e. The van der Waals surface area contributed by atoms with E-state index in [0.717, 1.165) is 0 Å². The molecule has 2 heteroatoms. The molecule has 0 heterocycles. The molecular formula is C10H12NO. The summed E-state index contributed by atoms with van der Waals surface area (Å²) >= 11 is 0. The second-order valence-corrected chi connectivity index (χ2v) is 3.02. The highest BCUT2D eigenvalue weighted by Gasteiger charge is 2.12. The summed E-state index contributed by atoms with van der Waals surface area (Å²) in [5, 5.41) is 0. The van der Waals surface area contributed by atoms with E-state index in [2.05, 4.69) is 6.07 Å². The molecule has 2 N–H and O–H groups in total. The SMILES string of the molecule is CC(C)C(=O)c1ccc[c]c1N. The van der Waals surface area contributed by atoms with Crippen LogP contribution in [-0.4, -0.2) is 5.78 Å². The van der Waals surface area contributed by atoms with E-state index in [1.807, 2.05) is 13.8 Å². The molecule has 0 aliphatic carbocycles. The summed E-state index contributed by atoms with van der Waals surface area (Å²) in [7, 11) is 0. The number of anilines is 1. The van der Waals surface area contributed by atoms with Crippen LogP contribution in [0.2, 0.25) is 0 Å². The van der Waals surface area contributed by atoms with Crippen LogP contribution in [0.5, 0.6) is 0 Å². The first kappa shape index (κ1) is 8.78. The fourth-order valence-electron chi connectivity index (χ4n) is 0.976. The van der Waals surface area contributed by atoms with Gasteiger partial charge in [-0.3, -0.25) is 4.79 Å². The summed E-state index contributed by atoms with van der Waals surface area (Å²) in [6, 6.07) is 7.99. The van der Waals surface area contributed by atoms with Crippen molar-refractivity contribution in [3.8, 4) is 0 Å². The smallest absolute Gasteiger partial charge is 0.167 e. The lowest BCUT2D eigenvalue weighted by Crippen LogP contribution is -2.09. The molecule has 0 bridgehead atoms. The van der Waals surface area contributed by atoms with E-state index < -0.39 is 0 Å². The van der Waals surface area contributed by atoms with Crippen molar-refractivity contribution in [1.29, 1.82) is 0 Å². The summed E-state index contributed by atoms with van der Waals surface area (Å²) < 4.78 is 0. The third kappa shape index (κ3) is 1.64. The van der Waals surface area contributed by atoms with Crippen molar-refractivity contribution in [2.75, 3.05) is 5.73 Å². The van der Waals surface area contributed by atoms with Gasteiger partial charge in [0.25, 0.3) is 0 Å². The van der Waals surface area contributed by atoms with Gasteiger partial charge < -0.3 is 5.73 Å². The van der Waals surface area contributed by atoms with Gasteiger partial charge in [0.2, 0.25) is 0 Å². The number of Topliss-reactive ketones (excluding diaryl/α,β-unsaturated/α-hetero) is 1. The van der Waals surface area contributed by atoms with Crippen molar-refractivity contribution < 1.29 is 4.79 Å². The van der Waals surface area contributed by atoms with Gasteiger partial charge in [-0.15, -0.1) is 0 Å². The highest BCUT2D eigenvalue weighted by Crippen LogP contribution is 2.14. The van der Waals surface area contributed by atoms with Crippen molar-refractivity contribution in [2.24, 2.45) is 5.92 Å². The zero-order valence-electron chi connectivity index (χ0n) is 7.29. The second-order valence-electron chi connectivity index (χ2n) is 3.02. The number of carbonyl (C=O) groups excluding carboxylic acids is 1. The molecule has 0 unspecified atom stereocenters. The van der Waals surface area contributed by atoms with Crippen molar-refractivity contribution in [1.82, 2.24) is 0 Å². The minimum absolute atomic E-state index is 0.0110. The average Bonchev–Trinajstić information content (AvgIpc) is 2.04. The van der Waals surface area contributed by atoms with Gasteiger partial charge in [-0.05, 0) is 6.07 Å². The average molecular weight is 162 g/mol. The van der Waals surface area contributed by atoms with E-state index >= 15 is 0 Å². The number of benzene rings is 1. The molecule has 0 saturated carbocycles. The summed E-state index contributed by atoms with van der Waals surface area (Å²) in [5.41, 5.74) is 6.60. The van der Waals surface area contributed by atoms with E-state index in [1.165, 1.54) is 0 Å². The molecule has 1 rings (SSSR count). The molecule has 2 nitrogen and oxygen atoms in total. The predicted molar refractivity (Wildman–Crippen MR) is 48.9 cm³/mol. The lowest BCUT2D eigenvalue weighted by Gasteiger charge is -2.05. The Morgan fingerprint density at radius 1 is 1.58 bits per heavy atom. The van der Waals surface area contributed by atoms with Crippen LogP contribution in [0.3, 0.4) is 0 Å². The molecule has 0 amide bonds. The number of carbonyl (C=O) groups is 1. The summed E-state index contributed by atoms with van der Waals surface area (Å²) in [4.78, 5) is 11.5. The highest BCUT2D eigenvalue weighted by atomic mass is 16.1. The van der Waals surface area contributed by atoms with Crippen LogP contribution >= 0.6 is 0 Å². The van der Waals surface area contributed by atoms with E-state index in [9.17, 15) is 4.79 Å². The minimum atomic E-state index is -0.0110. The van der Waals surface area contributed by atoms with E-state index in [-0.39, 0.29) is 11.7 Å². The van der Waals surface area contributed by atoms with Gasteiger partial charge in [0.1, 0.15) is 0 Å². The molecule has 1 aromatic carbocycles. The van der Waals surface area contributed by atoms with Crippen LogP contribution in [0.15, 0.2) is 18.2 Å². The predicted octanol–water partition coefficient (Wildman–Crippen LogP) is 1.91. The van der Waals surface area contributed by atoms with Crippen LogP contribution < -0.4 is 5.73 Å². The van der Waals surface area contributed by atoms with Crippen LogP contribution in [0, 0.1) is 12.0 Å².